The number of amides is 1. The molecule has 1 amide bonds. The van der Waals surface area contributed by atoms with Crippen LogP contribution in [0.2, 0.25) is 0 Å². The monoisotopic (exact) mass is 410 g/mol. The summed E-state index contributed by atoms with van der Waals surface area (Å²) in [5.74, 6) is 0.918. The first kappa shape index (κ1) is 19.1. The molecular formula is C25H22N4O2. The minimum atomic E-state index is -0.217. The predicted octanol–water partition coefficient (Wildman–Crippen LogP) is 4.27. The van der Waals surface area contributed by atoms with Crippen LogP contribution in [0.5, 0.6) is 0 Å². The van der Waals surface area contributed by atoms with Crippen LogP contribution < -0.4 is 16.1 Å². The van der Waals surface area contributed by atoms with Crippen LogP contribution in [-0.2, 0) is 0 Å². The number of hydrogen-bond acceptors (Lipinski definition) is 4. The lowest BCUT2D eigenvalue weighted by Gasteiger charge is -2.20. The van der Waals surface area contributed by atoms with Crippen LogP contribution in [0.3, 0.4) is 0 Å². The van der Waals surface area contributed by atoms with Crippen molar-refractivity contribution in [3.05, 3.63) is 94.9 Å². The first-order chi connectivity index (χ1) is 15.2. The zero-order valence-electron chi connectivity index (χ0n) is 16.9. The maximum absolute atomic E-state index is 13.1. The molecule has 2 aromatic heterocycles. The van der Waals surface area contributed by atoms with Crippen molar-refractivity contribution in [3.8, 4) is 5.69 Å². The number of anilines is 2. The summed E-state index contributed by atoms with van der Waals surface area (Å²) in [5.41, 5.74) is 2.43. The number of pyridine rings is 2. The number of rotatable bonds is 6. The second-order valence-corrected chi connectivity index (χ2v) is 7.79. The highest BCUT2D eigenvalue weighted by Gasteiger charge is 2.24. The highest BCUT2D eigenvalue weighted by molar-refractivity contribution is 6.06. The Labute approximate surface area is 179 Å². The quantitative estimate of drug-likeness (QED) is 0.498. The highest BCUT2D eigenvalue weighted by Crippen LogP contribution is 2.29. The van der Waals surface area contributed by atoms with Gasteiger partial charge in [-0.15, -0.1) is 0 Å². The SMILES string of the molecule is O=C(NCC1CC1)c1cncc2c(=O)cc(Nc3ccccc3)n(-c3ccccc3)c12. The topological polar surface area (TPSA) is 76.0 Å². The van der Waals surface area contributed by atoms with E-state index in [1.165, 1.54) is 12.4 Å². The number of hydrogen-bond donors (Lipinski definition) is 2. The first-order valence-corrected chi connectivity index (χ1v) is 10.4. The molecule has 2 N–H and O–H groups in total. The van der Waals surface area contributed by atoms with Crippen molar-refractivity contribution in [1.82, 2.24) is 14.9 Å². The fourth-order valence-corrected chi connectivity index (χ4v) is 3.69. The average molecular weight is 410 g/mol. The van der Waals surface area contributed by atoms with Crippen LogP contribution in [-0.4, -0.2) is 22.0 Å². The highest BCUT2D eigenvalue weighted by atomic mass is 16.1. The third-order valence-electron chi connectivity index (χ3n) is 5.47. The number of carbonyl (C=O) groups is 1. The van der Waals surface area contributed by atoms with Gasteiger partial charge in [0.2, 0.25) is 0 Å². The van der Waals surface area contributed by atoms with Crippen LogP contribution >= 0.6 is 0 Å². The van der Waals surface area contributed by atoms with Gasteiger partial charge in [0, 0.05) is 36.4 Å². The molecular weight excluding hydrogens is 388 g/mol. The molecule has 1 fully saturated rings. The van der Waals surface area contributed by atoms with Gasteiger partial charge in [0.25, 0.3) is 5.91 Å². The number of para-hydroxylation sites is 2. The van der Waals surface area contributed by atoms with Gasteiger partial charge < -0.3 is 10.6 Å². The van der Waals surface area contributed by atoms with Gasteiger partial charge in [-0.2, -0.15) is 0 Å². The molecule has 0 unspecified atom stereocenters. The molecule has 2 aromatic carbocycles. The van der Waals surface area contributed by atoms with Gasteiger partial charge in [-0.3, -0.25) is 19.1 Å². The summed E-state index contributed by atoms with van der Waals surface area (Å²) in [6.45, 7) is 0.646. The lowest BCUT2D eigenvalue weighted by molar-refractivity contribution is 0.0953. The molecule has 154 valence electrons. The Hall–Kier alpha value is -3.93. The van der Waals surface area contributed by atoms with Gasteiger partial charge in [-0.25, -0.2) is 0 Å². The number of aromatic nitrogens is 2. The summed E-state index contributed by atoms with van der Waals surface area (Å²) in [7, 11) is 0. The van der Waals surface area contributed by atoms with Gasteiger partial charge in [0.05, 0.1) is 16.5 Å². The molecule has 1 aliphatic carbocycles. The molecule has 1 saturated carbocycles. The fraction of sp³-hybridized carbons (Fsp3) is 0.160. The number of carbonyl (C=O) groups excluding carboxylic acids is 1. The normalized spacial score (nSPS) is 13.2. The van der Waals surface area contributed by atoms with E-state index in [-0.39, 0.29) is 11.3 Å². The minimum Gasteiger partial charge on any atom is -0.352 e. The van der Waals surface area contributed by atoms with E-state index in [0.29, 0.717) is 34.7 Å². The van der Waals surface area contributed by atoms with E-state index in [0.717, 1.165) is 24.2 Å². The molecule has 0 saturated heterocycles. The lowest BCUT2D eigenvalue weighted by Crippen LogP contribution is -2.27. The number of nitrogens with one attached hydrogen (secondary N) is 2. The van der Waals surface area contributed by atoms with E-state index >= 15 is 0 Å². The third kappa shape index (κ3) is 3.92. The molecule has 5 rings (SSSR count). The summed E-state index contributed by atoms with van der Waals surface area (Å²) in [4.78, 5) is 30.3. The molecule has 4 aromatic rings. The first-order valence-electron chi connectivity index (χ1n) is 10.4. The molecule has 0 atom stereocenters. The van der Waals surface area contributed by atoms with E-state index in [1.54, 1.807) is 6.07 Å². The Balaban J connectivity index is 1.73. The predicted molar refractivity (Wildman–Crippen MR) is 122 cm³/mol. The number of nitrogens with zero attached hydrogens (tertiary/aromatic N) is 2. The van der Waals surface area contributed by atoms with Crippen LogP contribution in [0, 0.1) is 5.92 Å². The van der Waals surface area contributed by atoms with Gasteiger partial charge in [0.15, 0.2) is 5.43 Å². The van der Waals surface area contributed by atoms with Crippen LogP contribution in [0.15, 0.2) is 83.9 Å². The number of benzene rings is 2. The maximum atomic E-state index is 13.1. The standard InChI is InChI=1S/C25H22N4O2/c30-22-13-23(28-18-7-3-1-4-8-18)29(19-9-5-2-6-10-19)24-20(22)15-26-16-21(24)25(31)27-14-17-11-12-17/h1-10,13,15-17,28H,11-12,14H2,(H,27,31). The van der Waals surface area contributed by atoms with E-state index in [9.17, 15) is 9.59 Å². The molecule has 0 aliphatic heterocycles. The largest absolute Gasteiger partial charge is 0.352 e. The van der Waals surface area contributed by atoms with E-state index in [4.69, 9.17) is 0 Å². The van der Waals surface area contributed by atoms with E-state index < -0.39 is 0 Å². The van der Waals surface area contributed by atoms with Gasteiger partial charge in [-0.1, -0.05) is 36.4 Å². The van der Waals surface area contributed by atoms with E-state index in [1.807, 2.05) is 65.2 Å². The second-order valence-electron chi connectivity index (χ2n) is 7.79. The van der Waals surface area contributed by atoms with Crippen LogP contribution in [0.1, 0.15) is 23.2 Å². The van der Waals surface area contributed by atoms with Crippen molar-refractivity contribution < 1.29 is 4.79 Å². The summed E-state index contributed by atoms with van der Waals surface area (Å²) in [6, 6.07) is 20.9. The molecule has 31 heavy (non-hydrogen) atoms. The Bertz CT molecular complexity index is 1300. The molecule has 2 heterocycles. The van der Waals surface area contributed by atoms with Crippen molar-refractivity contribution in [3.63, 3.8) is 0 Å². The van der Waals surface area contributed by atoms with E-state index in [2.05, 4.69) is 15.6 Å². The molecule has 6 nitrogen and oxygen atoms in total. The van der Waals surface area contributed by atoms with Gasteiger partial charge >= 0.3 is 0 Å². The molecule has 0 bridgehead atoms. The average Bonchev–Trinajstić information content (AvgIpc) is 3.63. The maximum Gasteiger partial charge on any atom is 0.255 e. The molecule has 6 heteroatoms. The van der Waals surface area contributed by atoms with Crippen LogP contribution in [0.4, 0.5) is 11.5 Å². The lowest BCUT2D eigenvalue weighted by atomic mass is 10.1. The minimum absolute atomic E-state index is 0.190. The smallest absolute Gasteiger partial charge is 0.255 e. The Morgan fingerprint density at radius 2 is 1.71 bits per heavy atom. The summed E-state index contributed by atoms with van der Waals surface area (Å²) in [6.07, 6.45) is 5.36. The van der Waals surface area contributed by atoms with Crippen LogP contribution in [0.25, 0.3) is 16.6 Å². The molecule has 1 aliphatic rings. The zero-order chi connectivity index (χ0) is 21.2. The summed E-state index contributed by atoms with van der Waals surface area (Å²) >= 11 is 0. The summed E-state index contributed by atoms with van der Waals surface area (Å²) in [5, 5.41) is 6.75. The van der Waals surface area contributed by atoms with Crippen molar-refractivity contribution in [1.29, 1.82) is 0 Å². The molecule has 0 radical (unpaired) electrons. The second kappa shape index (κ2) is 8.07. The summed E-state index contributed by atoms with van der Waals surface area (Å²) < 4.78 is 1.91. The number of fused-ring (bicyclic) bond motifs is 1. The van der Waals surface area contributed by atoms with Gasteiger partial charge in [-0.05, 0) is 43.0 Å². The van der Waals surface area contributed by atoms with Gasteiger partial charge in [0.1, 0.15) is 5.82 Å². The van der Waals surface area contributed by atoms with Crippen molar-refractivity contribution in [2.75, 3.05) is 11.9 Å². The Morgan fingerprint density at radius 3 is 2.42 bits per heavy atom. The zero-order valence-corrected chi connectivity index (χ0v) is 16.9. The Morgan fingerprint density at radius 1 is 1.00 bits per heavy atom. The van der Waals surface area contributed by atoms with Crippen molar-refractivity contribution in [2.24, 2.45) is 5.92 Å². The van der Waals surface area contributed by atoms with Crippen molar-refractivity contribution in [2.45, 2.75) is 12.8 Å². The third-order valence-corrected chi connectivity index (χ3v) is 5.47. The Kier molecular flexibility index (Phi) is 4.96. The fourth-order valence-electron chi connectivity index (χ4n) is 3.69. The molecule has 0 spiro atoms. The van der Waals surface area contributed by atoms with Crippen molar-refractivity contribution >= 4 is 28.3 Å².